The number of hydrogen-bond donors (Lipinski definition) is 2. The van der Waals surface area contributed by atoms with Crippen LogP contribution in [0.1, 0.15) is 31.4 Å². The molecule has 0 fully saturated rings. The third-order valence-electron chi connectivity index (χ3n) is 3.76. The Morgan fingerprint density at radius 3 is 2.63 bits per heavy atom. The van der Waals surface area contributed by atoms with Crippen LogP contribution in [0.2, 0.25) is 10.0 Å². The molecule has 9 heteroatoms. The maximum absolute atomic E-state index is 12.1. The number of sulfonamides is 1. The molecular weight excluding hydrogens is 411 g/mol. The van der Waals surface area contributed by atoms with Gasteiger partial charge in [-0.05, 0) is 49.2 Å². The fourth-order valence-corrected chi connectivity index (χ4v) is 3.40. The highest BCUT2D eigenvalue weighted by atomic mass is 35.5. The first-order valence-electron chi connectivity index (χ1n) is 8.17. The van der Waals surface area contributed by atoms with Crippen LogP contribution in [0, 0.1) is 0 Å². The number of amides is 1. The Bertz CT molecular complexity index is 919. The molecule has 2 aromatic rings. The molecule has 2 rings (SSSR count). The van der Waals surface area contributed by atoms with Gasteiger partial charge in [-0.1, -0.05) is 35.3 Å². The van der Waals surface area contributed by atoms with Gasteiger partial charge in [0.2, 0.25) is 15.9 Å². The molecule has 0 bridgehead atoms. The molecule has 1 unspecified atom stereocenters. The van der Waals surface area contributed by atoms with Gasteiger partial charge in [0.1, 0.15) is 5.75 Å². The molecule has 0 aromatic heterocycles. The number of nitrogens with one attached hydrogen (secondary N) is 1. The summed E-state index contributed by atoms with van der Waals surface area (Å²) in [6, 6.07) is 10.7. The van der Waals surface area contributed by atoms with Crippen molar-refractivity contribution in [2.24, 2.45) is 5.14 Å². The Morgan fingerprint density at radius 2 is 1.96 bits per heavy atom. The zero-order valence-electron chi connectivity index (χ0n) is 14.6. The van der Waals surface area contributed by atoms with Gasteiger partial charge in [0.25, 0.3) is 0 Å². The lowest BCUT2D eigenvalue weighted by Gasteiger charge is -2.15. The second-order valence-electron chi connectivity index (χ2n) is 5.93. The fraction of sp³-hybridized carbons (Fsp3) is 0.278. The first-order chi connectivity index (χ1) is 12.7. The minimum Gasteiger partial charge on any atom is -0.492 e. The summed E-state index contributed by atoms with van der Waals surface area (Å²) < 4.78 is 28.4. The highest BCUT2D eigenvalue weighted by Crippen LogP contribution is 2.27. The minimum atomic E-state index is -3.79. The van der Waals surface area contributed by atoms with Crippen molar-refractivity contribution < 1.29 is 17.9 Å². The lowest BCUT2D eigenvalue weighted by atomic mass is 10.1. The number of hydrogen-bond acceptors (Lipinski definition) is 4. The summed E-state index contributed by atoms with van der Waals surface area (Å²) in [4.78, 5) is 12.1. The number of primary sulfonamides is 1. The fourth-order valence-electron chi connectivity index (χ4n) is 2.36. The molecule has 0 spiro atoms. The number of halogens is 2. The lowest BCUT2D eigenvalue weighted by Crippen LogP contribution is -2.27. The van der Waals surface area contributed by atoms with E-state index in [1.54, 1.807) is 37.3 Å². The molecule has 1 atom stereocenters. The van der Waals surface area contributed by atoms with Gasteiger partial charge in [-0.15, -0.1) is 0 Å². The van der Waals surface area contributed by atoms with Gasteiger partial charge in [0.15, 0.2) is 0 Å². The summed E-state index contributed by atoms with van der Waals surface area (Å²) in [6.45, 7) is 2.09. The summed E-state index contributed by atoms with van der Waals surface area (Å²) in [5.74, 6) is 0.337. The number of rotatable bonds is 8. The van der Waals surface area contributed by atoms with Gasteiger partial charge in [0, 0.05) is 11.4 Å². The zero-order valence-corrected chi connectivity index (χ0v) is 16.9. The maximum Gasteiger partial charge on any atom is 0.238 e. The Labute approximate surface area is 168 Å². The highest BCUT2D eigenvalue weighted by Gasteiger charge is 2.13. The number of carbonyl (C=O) groups is 1. The van der Waals surface area contributed by atoms with Crippen molar-refractivity contribution in [2.45, 2.75) is 30.7 Å². The molecule has 0 aliphatic heterocycles. The van der Waals surface area contributed by atoms with Crippen LogP contribution >= 0.6 is 23.2 Å². The largest absolute Gasteiger partial charge is 0.492 e. The van der Waals surface area contributed by atoms with E-state index in [2.05, 4.69) is 5.32 Å². The second-order valence-corrected chi connectivity index (χ2v) is 8.34. The van der Waals surface area contributed by atoms with Crippen molar-refractivity contribution in [3.8, 4) is 5.75 Å². The van der Waals surface area contributed by atoms with Gasteiger partial charge in [0.05, 0.1) is 22.6 Å². The van der Waals surface area contributed by atoms with Crippen molar-refractivity contribution in [2.75, 3.05) is 6.61 Å². The number of nitrogens with two attached hydrogens (primary N) is 1. The zero-order chi connectivity index (χ0) is 20.0. The van der Waals surface area contributed by atoms with E-state index >= 15 is 0 Å². The van der Waals surface area contributed by atoms with E-state index in [0.717, 1.165) is 0 Å². The minimum absolute atomic E-state index is 0.00865. The van der Waals surface area contributed by atoms with E-state index in [9.17, 15) is 13.2 Å². The van der Waals surface area contributed by atoms with Gasteiger partial charge in [-0.3, -0.25) is 4.79 Å². The van der Waals surface area contributed by atoms with E-state index in [4.69, 9.17) is 33.1 Å². The van der Waals surface area contributed by atoms with Crippen molar-refractivity contribution in [1.29, 1.82) is 0 Å². The van der Waals surface area contributed by atoms with Crippen LogP contribution in [0.3, 0.4) is 0 Å². The molecule has 0 saturated heterocycles. The Balaban J connectivity index is 1.81. The molecule has 27 heavy (non-hydrogen) atoms. The van der Waals surface area contributed by atoms with Crippen molar-refractivity contribution in [3.63, 3.8) is 0 Å². The van der Waals surface area contributed by atoms with Crippen LogP contribution in [-0.2, 0) is 14.8 Å². The van der Waals surface area contributed by atoms with Crippen LogP contribution in [0.4, 0.5) is 0 Å². The molecule has 146 valence electrons. The average molecular weight is 431 g/mol. The summed E-state index contributed by atoms with van der Waals surface area (Å²) in [5, 5.41) is 8.88. The molecule has 1 amide bonds. The van der Waals surface area contributed by atoms with Crippen molar-refractivity contribution in [3.05, 3.63) is 58.1 Å². The van der Waals surface area contributed by atoms with Crippen molar-refractivity contribution in [1.82, 2.24) is 5.32 Å². The van der Waals surface area contributed by atoms with Gasteiger partial charge in [-0.25, -0.2) is 13.6 Å². The van der Waals surface area contributed by atoms with Gasteiger partial charge in [-0.2, -0.15) is 0 Å². The van der Waals surface area contributed by atoms with Crippen LogP contribution in [-0.4, -0.2) is 20.9 Å². The molecule has 3 N–H and O–H groups in total. The molecule has 6 nitrogen and oxygen atoms in total. The monoisotopic (exact) mass is 430 g/mol. The normalized spacial score (nSPS) is 12.4. The molecule has 0 radical (unpaired) electrons. The third kappa shape index (κ3) is 6.70. The SMILES string of the molecule is CC(NC(=O)CCCOc1ccc(Cl)cc1Cl)c1cccc(S(N)(=O)=O)c1. The Kier molecular flexibility index (Phi) is 7.49. The molecule has 0 aliphatic rings. The molecule has 0 saturated carbocycles. The van der Waals surface area contributed by atoms with E-state index in [0.29, 0.717) is 34.4 Å². The van der Waals surface area contributed by atoms with Gasteiger partial charge < -0.3 is 10.1 Å². The summed E-state index contributed by atoms with van der Waals surface area (Å²) >= 11 is 11.8. The summed E-state index contributed by atoms with van der Waals surface area (Å²) in [6.07, 6.45) is 0.749. The van der Waals surface area contributed by atoms with E-state index in [-0.39, 0.29) is 23.3 Å². The first-order valence-corrected chi connectivity index (χ1v) is 10.5. The second kappa shape index (κ2) is 9.41. The third-order valence-corrected chi connectivity index (χ3v) is 5.21. The number of carbonyl (C=O) groups excluding carboxylic acids is 1. The van der Waals surface area contributed by atoms with E-state index in [1.807, 2.05) is 0 Å². The molecule has 0 heterocycles. The smallest absolute Gasteiger partial charge is 0.238 e. The van der Waals surface area contributed by atoms with E-state index in [1.165, 1.54) is 12.1 Å². The maximum atomic E-state index is 12.1. The summed E-state index contributed by atoms with van der Waals surface area (Å²) in [7, 11) is -3.79. The number of ether oxygens (including phenoxy) is 1. The summed E-state index contributed by atoms with van der Waals surface area (Å²) in [5.41, 5.74) is 0.652. The molecule has 2 aromatic carbocycles. The topological polar surface area (TPSA) is 98.5 Å². The van der Waals surface area contributed by atoms with Crippen molar-refractivity contribution >= 4 is 39.1 Å². The van der Waals surface area contributed by atoms with Crippen LogP contribution in [0.15, 0.2) is 47.4 Å². The van der Waals surface area contributed by atoms with Crippen LogP contribution in [0.5, 0.6) is 5.75 Å². The quantitative estimate of drug-likeness (QED) is 0.623. The Hall–Kier alpha value is -1.80. The molecular formula is C18H20Cl2N2O4S. The highest BCUT2D eigenvalue weighted by molar-refractivity contribution is 7.89. The Morgan fingerprint density at radius 1 is 1.22 bits per heavy atom. The number of benzene rings is 2. The molecule has 0 aliphatic carbocycles. The first kappa shape index (κ1) is 21.5. The van der Waals surface area contributed by atoms with Crippen LogP contribution in [0.25, 0.3) is 0 Å². The standard InChI is InChI=1S/C18H20Cl2N2O4S/c1-12(13-4-2-5-15(10-13)27(21,24)25)22-18(23)6-3-9-26-17-8-7-14(19)11-16(17)20/h2,4-5,7-8,10-12H,3,6,9H2,1H3,(H,22,23)(H2,21,24,25). The average Bonchev–Trinajstić information content (AvgIpc) is 2.59. The predicted octanol–water partition coefficient (Wildman–Crippen LogP) is 3.68. The van der Waals surface area contributed by atoms with E-state index < -0.39 is 10.0 Å². The van der Waals surface area contributed by atoms with Crippen LogP contribution < -0.4 is 15.2 Å². The predicted molar refractivity (Wildman–Crippen MR) is 106 cm³/mol. The lowest BCUT2D eigenvalue weighted by molar-refractivity contribution is -0.121. The van der Waals surface area contributed by atoms with Gasteiger partial charge >= 0.3 is 0 Å².